The Hall–Kier alpha value is -1.96. The molecule has 1 aromatic rings. The van der Waals surface area contributed by atoms with Crippen molar-refractivity contribution in [1.29, 1.82) is 5.26 Å². The molecule has 0 spiro atoms. The average molecular weight is 213 g/mol. The van der Waals surface area contributed by atoms with E-state index in [1.54, 1.807) is 0 Å². The Kier molecular flexibility index (Phi) is 3.00. The number of aliphatic hydroxyl groups excluding tert-OH is 1. The van der Waals surface area contributed by atoms with Crippen LogP contribution in [0.4, 0.5) is 13.2 Å². The zero-order chi connectivity index (χ0) is 11.5. The number of hydrogen-bond donors (Lipinski definition) is 1. The molecule has 0 saturated carbocycles. The Bertz CT molecular complexity index is 429. The predicted molar refractivity (Wildman–Crippen MR) is 47.7 cm³/mol. The minimum absolute atomic E-state index is 0.324. The second-order valence-electron chi connectivity index (χ2n) is 2.70. The Morgan fingerprint density at radius 2 is 1.93 bits per heavy atom. The molecule has 78 valence electrons. The van der Waals surface area contributed by atoms with Gasteiger partial charge in [-0.2, -0.15) is 18.4 Å². The third-order valence-electron chi connectivity index (χ3n) is 1.77. The van der Waals surface area contributed by atoms with Crippen LogP contribution in [0.5, 0.6) is 0 Å². The minimum atomic E-state index is -4.54. The van der Waals surface area contributed by atoms with Crippen LogP contribution in [0.2, 0.25) is 0 Å². The number of aliphatic hydroxyl groups is 1. The van der Waals surface area contributed by atoms with E-state index in [0.717, 1.165) is 12.1 Å². The van der Waals surface area contributed by atoms with E-state index < -0.39 is 17.3 Å². The zero-order valence-corrected chi connectivity index (χ0v) is 7.42. The SMILES string of the molecule is N#CC(=CO)c1ccccc1C(F)(F)F. The molecule has 0 saturated heterocycles. The standard InChI is InChI=1S/C10H6F3NO/c11-10(12,13)9-4-2-1-3-8(9)7(5-14)6-15/h1-4,6,15H. The van der Waals surface area contributed by atoms with Gasteiger partial charge in [-0.25, -0.2) is 0 Å². The van der Waals surface area contributed by atoms with E-state index in [1.807, 2.05) is 0 Å². The molecule has 15 heavy (non-hydrogen) atoms. The Balaban J connectivity index is 3.38. The van der Waals surface area contributed by atoms with Crippen molar-refractivity contribution in [1.82, 2.24) is 0 Å². The number of benzene rings is 1. The van der Waals surface area contributed by atoms with Crippen LogP contribution in [0.15, 0.2) is 30.5 Å². The number of hydrogen-bond acceptors (Lipinski definition) is 2. The number of rotatable bonds is 1. The van der Waals surface area contributed by atoms with Gasteiger partial charge in [-0.05, 0) is 6.07 Å². The van der Waals surface area contributed by atoms with Crippen LogP contribution in [0.25, 0.3) is 5.57 Å². The maximum atomic E-state index is 12.5. The first-order valence-corrected chi connectivity index (χ1v) is 3.91. The van der Waals surface area contributed by atoms with Gasteiger partial charge < -0.3 is 5.11 Å². The summed E-state index contributed by atoms with van der Waals surface area (Å²) in [7, 11) is 0. The maximum Gasteiger partial charge on any atom is 0.417 e. The normalized spacial score (nSPS) is 12.3. The first-order valence-electron chi connectivity index (χ1n) is 3.91. The monoisotopic (exact) mass is 213 g/mol. The van der Waals surface area contributed by atoms with Crippen LogP contribution >= 0.6 is 0 Å². The summed E-state index contributed by atoms with van der Waals surface area (Å²) in [5.41, 5.74) is -1.68. The molecule has 0 heterocycles. The first-order chi connectivity index (χ1) is 7.00. The molecule has 1 N–H and O–H groups in total. The predicted octanol–water partition coefficient (Wildman–Crippen LogP) is 3.13. The van der Waals surface area contributed by atoms with E-state index >= 15 is 0 Å². The highest BCUT2D eigenvalue weighted by Gasteiger charge is 2.33. The lowest BCUT2D eigenvalue weighted by atomic mass is 10.0. The Morgan fingerprint density at radius 1 is 1.33 bits per heavy atom. The van der Waals surface area contributed by atoms with Crippen molar-refractivity contribution in [2.75, 3.05) is 0 Å². The molecule has 0 amide bonds. The molecule has 0 aromatic heterocycles. The number of allylic oxidation sites excluding steroid dienone is 1. The zero-order valence-electron chi connectivity index (χ0n) is 7.42. The summed E-state index contributed by atoms with van der Waals surface area (Å²) in [4.78, 5) is 0. The lowest BCUT2D eigenvalue weighted by Gasteiger charge is -2.10. The van der Waals surface area contributed by atoms with Crippen LogP contribution in [0.1, 0.15) is 11.1 Å². The van der Waals surface area contributed by atoms with Crippen LogP contribution < -0.4 is 0 Å². The van der Waals surface area contributed by atoms with Gasteiger partial charge >= 0.3 is 6.18 Å². The van der Waals surface area contributed by atoms with Gasteiger partial charge in [0.15, 0.2) is 0 Å². The number of nitriles is 1. The van der Waals surface area contributed by atoms with Crippen molar-refractivity contribution in [3.05, 3.63) is 41.7 Å². The van der Waals surface area contributed by atoms with Gasteiger partial charge in [0.1, 0.15) is 6.07 Å². The summed E-state index contributed by atoms with van der Waals surface area (Å²) in [6, 6.07) is 6.07. The van der Waals surface area contributed by atoms with E-state index in [1.165, 1.54) is 18.2 Å². The highest BCUT2D eigenvalue weighted by atomic mass is 19.4. The second-order valence-corrected chi connectivity index (χ2v) is 2.70. The highest BCUT2D eigenvalue weighted by Crippen LogP contribution is 2.34. The van der Waals surface area contributed by atoms with E-state index in [4.69, 9.17) is 10.4 Å². The second kappa shape index (κ2) is 4.05. The Morgan fingerprint density at radius 3 is 2.40 bits per heavy atom. The number of alkyl halides is 3. The first kappa shape index (κ1) is 11.1. The summed E-state index contributed by atoms with van der Waals surface area (Å²) in [5, 5.41) is 17.1. The van der Waals surface area contributed by atoms with Gasteiger partial charge in [0.25, 0.3) is 0 Å². The molecule has 0 radical (unpaired) electrons. The van der Waals surface area contributed by atoms with E-state index in [-0.39, 0.29) is 5.56 Å². The molecule has 0 aliphatic heterocycles. The topological polar surface area (TPSA) is 44.0 Å². The molecule has 0 atom stereocenters. The fourth-order valence-corrected chi connectivity index (χ4v) is 1.12. The van der Waals surface area contributed by atoms with Gasteiger partial charge in [-0.15, -0.1) is 0 Å². The fraction of sp³-hybridized carbons (Fsp3) is 0.100. The molecular formula is C10H6F3NO. The molecule has 0 bridgehead atoms. The molecular weight excluding hydrogens is 207 g/mol. The molecule has 1 aromatic carbocycles. The molecule has 0 unspecified atom stereocenters. The summed E-state index contributed by atoms with van der Waals surface area (Å²) in [6.07, 6.45) is -4.17. The van der Waals surface area contributed by atoms with Crippen molar-refractivity contribution in [3.8, 4) is 6.07 Å². The van der Waals surface area contributed by atoms with Gasteiger partial charge in [0, 0.05) is 5.56 Å². The lowest BCUT2D eigenvalue weighted by molar-refractivity contribution is -0.137. The summed E-state index contributed by atoms with van der Waals surface area (Å²) >= 11 is 0. The Labute approximate surface area is 83.9 Å². The van der Waals surface area contributed by atoms with Crippen LogP contribution in [-0.2, 0) is 6.18 Å². The third-order valence-corrected chi connectivity index (χ3v) is 1.77. The smallest absolute Gasteiger partial charge is 0.417 e. The quantitative estimate of drug-likeness (QED) is 0.575. The van der Waals surface area contributed by atoms with Crippen LogP contribution in [0.3, 0.4) is 0 Å². The minimum Gasteiger partial charge on any atom is -0.514 e. The van der Waals surface area contributed by atoms with Crippen molar-refractivity contribution in [2.24, 2.45) is 0 Å². The van der Waals surface area contributed by atoms with Gasteiger partial charge in [0.2, 0.25) is 0 Å². The third kappa shape index (κ3) is 2.29. The molecule has 5 heteroatoms. The lowest BCUT2D eigenvalue weighted by Crippen LogP contribution is -2.08. The van der Waals surface area contributed by atoms with Crippen molar-refractivity contribution >= 4 is 5.57 Å². The van der Waals surface area contributed by atoms with Crippen molar-refractivity contribution in [2.45, 2.75) is 6.18 Å². The van der Waals surface area contributed by atoms with E-state index in [2.05, 4.69) is 0 Å². The van der Waals surface area contributed by atoms with E-state index in [0.29, 0.717) is 6.26 Å². The molecule has 2 nitrogen and oxygen atoms in total. The fourth-order valence-electron chi connectivity index (χ4n) is 1.12. The summed E-state index contributed by atoms with van der Waals surface area (Å²) in [5.74, 6) is 0. The largest absolute Gasteiger partial charge is 0.514 e. The highest BCUT2D eigenvalue weighted by molar-refractivity contribution is 5.77. The number of nitrogens with zero attached hydrogens (tertiary/aromatic N) is 1. The van der Waals surface area contributed by atoms with Gasteiger partial charge in [-0.3, -0.25) is 0 Å². The average Bonchev–Trinajstić information content (AvgIpc) is 2.19. The molecule has 0 aliphatic rings. The van der Waals surface area contributed by atoms with Gasteiger partial charge in [-0.1, -0.05) is 18.2 Å². The van der Waals surface area contributed by atoms with Crippen LogP contribution in [-0.4, -0.2) is 5.11 Å². The molecule has 0 aliphatic carbocycles. The van der Waals surface area contributed by atoms with Crippen molar-refractivity contribution in [3.63, 3.8) is 0 Å². The summed E-state index contributed by atoms with van der Waals surface area (Å²) < 4.78 is 37.4. The molecule has 0 fully saturated rings. The van der Waals surface area contributed by atoms with Crippen molar-refractivity contribution < 1.29 is 18.3 Å². The maximum absolute atomic E-state index is 12.5. The summed E-state index contributed by atoms with van der Waals surface area (Å²) in [6.45, 7) is 0. The number of halogens is 3. The van der Waals surface area contributed by atoms with Gasteiger partial charge in [0.05, 0.1) is 17.4 Å². The van der Waals surface area contributed by atoms with Crippen LogP contribution in [0, 0.1) is 11.3 Å². The van der Waals surface area contributed by atoms with E-state index in [9.17, 15) is 13.2 Å². The molecule has 1 rings (SSSR count).